The van der Waals surface area contributed by atoms with E-state index >= 15 is 0 Å². The molecule has 1 N–H and O–H groups in total. The molecule has 0 bridgehead atoms. The van der Waals surface area contributed by atoms with Crippen LogP contribution in [-0.2, 0) is 24.0 Å². The number of nitriles is 1. The van der Waals surface area contributed by atoms with Crippen molar-refractivity contribution in [3.8, 4) is 11.8 Å². The van der Waals surface area contributed by atoms with E-state index in [4.69, 9.17) is 10.00 Å². The summed E-state index contributed by atoms with van der Waals surface area (Å²) in [6.45, 7) is 0.212. The van der Waals surface area contributed by atoms with Gasteiger partial charge in [-0.1, -0.05) is 24.3 Å². The Morgan fingerprint density at radius 1 is 1.11 bits per heavy atom. The Hall–Kier alpha value is -4.72. The zero-order valence-electron chi connectivity index (χ0n) is 18.0. The number of nitrogens with one attached hydrogen (secondary N) is 1. The van der Waals surface area contributed by atoms with Gasteiger partial charge in [0.05, 0.1) is 34.8 Å². The molecule has 3 aromatic rings. The first-order valence-corrected chi connectivity index (χ1v) is 10.0. The normalized spacial score (nSPS) is 11.1. The van der Waals surface area contributed by atoms with Gasteiger partial charge in [0.2, 0.25) is 5.91 Å². The molecule has 0 aromatic heterocycles. The molecular weight excluding hydrogens is 465 g/mol. The van der Waals surface area contributed by atoms with Crippen molar-refractivity contribution in [2.75, 3.05) is 0 Å². The first-order chi connectivity index (χ1) is 16.7. The van der Waals surface area contributed by atoms with Crippen LogP contribution in [0.5, 0.6) is 5.75 Å². The number of rotatable bonds is 8. The van der Waals surface area contributed by atoms with Crippen LogP contribution in [0.2, 0.25) is 0 Å². The molecule has 0 aliphatic carbocycles. The number of benzene rings is 3. The zero-order valence-corrected chi connectivity index (χ0v) is 18.0. The molecule has 0 heterocycles. The van der Waals surface area contributed by atoms with Gasteiger partial charge < -0.3 is 4.74 Å². The number of carbonyl (C=O) groups excluding carboxylic acids is 1. The van der Waals surface area contributed by atoms with E-state index in [9.17, 15) is 28.1 Å². The first kappa shape index (κ1) is 24.9. The quantitative estimate of drug-likeness (QED) is 0.282. The second kappa shape index (κ2) is 10.9. The number of nitro benzene ring substituents is 1. The van der Waals surface area contributed by atoms with E-state index in [1.54, 1.807) is 42.5 Å². The highest BCUT2D eigenvalue weighted by Gasteiger charge is 2.33. The van der Waals surface area contributed by atoms with Crippen LogP contribution < -0.4 is 10.2 Å². The summed E-state index contributed by atoms with van der Waals surface area (Å²) in [5.74, 6) is -0.186. The number of alkyl halides is 3. The molecule has 0 aliphatic heterocycles. The van der Waals surface area contributed by atoms with Crippen molar-refractivity contribution in [3.63, 3.8) is 0 Å². The topological polar surface area (TPSA) is 118 Å². The van der Waals surface area contributed by atoms with Gasteiger partial charge in [0.15, 0.2) is 0 Å². The van der Waals surface area contributed by atoms with Crippen LogP contribution in [0.4, 0.5) is 18.9 Å². The largest absolute Gasteiger partial charge is 0.489 e. The summed E-state index contributed by atoms with van der Waals surface area (Å²) in [7, 11) is 0. The maximum absolute atomic E-state index is 12.8. The molecule has 11 heteroatoms. The minimum absolute atomic E-state index is 0.171. The smallest absolute Gasteiger partial charge is 0.416 e. The number of hydrazone groups is 1. The standard InChI is InChI=1S/C24H17F3N4O4/c25-24(26,27)20-8-7-17(22(12-20)31(33)34)11-23(32)30-29-14-16-5-9-21(10-6-16)35-15-19-4-2-1-3-18(19)13-28/h1-10,12,14H,11,15H2,(H,30,32)/b29-14+. The molecule has 0 saturated carbocycles. The molecule has 3 aromatic carbocycles. The Labute approximate surface area is 197 Å². The third-order valence-corrected chi connectivity index (χ3v) is 4.78. The molecule has 0 radical (unpaired) electrons. The van der Waals surface area contributed by atoms with Gasteiger partial charge in [-0.3, -0.25) is 14.9 Å². The van der Waals surface area contributed by atoms with E-state index < -0.39 is 34.7 Å². The second-order valence-corrected chi connectivity index (χ2v) is 7.19. The Morgan fingerprint density at radius 2 is 1.83 bits per heavy atom. The van der Waals surface area contributed by atoms with Crippen molar-refractivity contribution >= 4 is 17.8 Å². The lowest BCUT2D eigenvalue weighted by Crippen LogP contribution is -2.20. The van der Waals surface area contributed by atoms with Crippen molar-refractivity contribution in [3.05, 3.63) is 105 Å². The van der Waals surface area contributed by atoms with Crippen molar-refractivity contribution in [2.24, 2.45) is 5.10 Å². The average Bonchev–Trinajstić information content (AvgIpc) is 2.83. The fourth-order valence-electron chi connectivity index (χ4n) is 3.02. The van der Waals surface area contributed by atoms with E-state index in [-0.39, 0.29) is 12.2 Å². The number of halogens is 3. The lowest BCUT2D eigenvalue weighted by molar-refractivity contribution is -0.385. The lowest BCUT2D eigenvalue weighted by atomic mass is 10.1. The van der Waals surface area contributed by atoms with Crippen LogP contribution in [-0.4, -0.2) is 17.0 Å². The van der Waals surface area contributed by atoms with E-state index in [0.717, 1.165) is 11.6 Å². The van der Waals surface area contributed by atoms with Gasteiger partial charge in [0, 0.05) is 17.2 Å². The monoisotopic (exact) mass is 482 g/mol. The van der Waals surface area contributed by atoms with Gasteiger partial charge in [-0.25, -0.2) is 5.43 Å². The van der Waals surface area contributed by atoms with Crippen molar-refractivity contribution in [1.82, 2.24) is 5.43 Å². The summed E-state index contributed by atoms with van der Waals surface area (Å²) in [5.41, 5.74) is 1.92. The Bertz CT molecular complexity index is 1300. The predicted octanol–water partition coefficient (Wildman–Crippen LogP) is 4.76. The van der Waals surface area contributed by atoms with Crippen LogP contribution in [0, 0.1) is 21.4 Å². The Balaban J connectivity index is 1.56. The fraction of sp³-hybridized carbons (Fsp3) is 0.125. The number of nitrogens with zero attached hydrogens (tertiary/aromatic N) is 3. The van der Waals surface area contributed by atoms with E-state index in [1.165, 1.54) is 6.21 Å². The number of carbonyl (C=O) groups is 1. The Kier molecular flexibility index (Phi) is 7.78. The van der Waals surface area contributed by atoms with E-state index in [0.29, 0.717) is 29.0 Å². The summed E-state index contributed by atoms with van der Waals surface area (Å²) in [6, 6.07) is 17.8. The summed E-state index contributed by atoms with van der Waals surface area (Å²) < 4.78 is 44.0. The lowest BCUT2D eigenvalue weighted by Gasteiger charge is -2.08. The predicted molar refractivity (Wildman–Crippen MR) is 119 cm³/mol. The summed E-state index contributed by atoms with van der Waals surface area (Å²) in [4.78, 5) is 22.2. The highest BCUT2D eigenvalue weighted by molar-refractivity contribution is 5.83. The van der Waals surface area contributed by atoms with Gasteiger partial charge in [0.25, 0.3) is 5.69 Å². The average molecular weight is 482 g/mol. The van der Waals surface area contributed by atoms with Crippen molar-refractivity contribution in [2.45, 2.75) is 19.2 Å². The molecule has 1 amide bonds. The maximum Gasteiger partial charge on any atom is 0.416 e. The number of amides is 1. The molecule has 0 fully saturated rings. The third-order valence-electron chi connectivity index (χ3n) is 4.78. The number of ether oxygens (including phenoxy) is 1. The minimum atomic E-state index is -4.74. The fourth-order valence-corrected chi connectivity index (χ4v) is 3.02. The number of hydrogen-bond donors (Lipinski definition) is 1. The van der Waals surface area contributed by atoms with Gasteiger partial charge in [-0.2, -0.15) is 23.5 Å². The van der Waals surface area contributed by atoms with Crippen LogP contribution in [0.3, 0.4) is 0 Å². The summed E-state index contributed by atoms with van der Waals surface area (Å²) in [6.07, 6.45) is -3.94. The molecule has 0 atom stereocenters. The maximum atomic E-state index is 12.8. The molecular formula is C24H17F3N4O4. The van der Waals surface area contributed by atoms with Gasteiger partial charge in [-0.15, -0.1) is 0 Å². The zero-order chi connectivity index (χ0) is 25.4. The SMILES string of the molecule is N#Cc1ccccc1COc1ccc(/C=N/NC(=O)Cc2ccc(C(F)(F)F)cc2[N+](=O)[O-])cc1. The molecule has 3 rings (SSSR count). The highest BCUT2D eigenvalue weighted by Crippen LogP contribution is 2.33. The van der Waals surface area contributed by atoms with Crippen LogP contribution in [0.1, 0.15) is 27.8 Å². The van der Waals surface area contributed by atoms with Gasteiger partial charge in [0.1, 0.15) is 12.4 Å². The molecule has 178 valence electrons. The van der Waals surface area contributed by atoms with Crippen molar-refractivity contribution < 1.29 is 27.6 Å². The highest BCUT2D eigenvalue weighted by atomic mass is 19.4. The molecule has 0 unspecified atom stereocenters. The molecule has 0 aliphatic rings. The summed E-state index contributed by atoms with van der Waals surface area (Å²) >= 11 is 0. The third kappa shape index (κ3) is 6.88. The molecule has 35 heavy (non-hydrogen) atoms. The Morgan fingerprint density at radius 3 is 2.49 bits per heavy atom. The van der Waals surface area contributed by atoms with Crippen LogP contribution in [0.15, 0.2) is 71.8 Å². The van der Waals surface area contributed by atoms with Crippen molar-refractivity contribution in [1.29, 1.82) is 5.26 Å². The first-order valence-electron chi connectivity index (χ1n) is 10.0. The summed E-state index contributed by atoms with van der Waals surface area (Å²) in [5, 5.41) is 24.0. The number of nitro groups is 1. The number of hydrogen-bond acceptors (Lipinski definition) is 6. The van der Waals surface area contributed by atoms with Gasteiger partial charge >= 0.3 is 6.18 Å². The minimum Gasteiger partial charge on any atom is -0.489 e. The van der Waals surface area contributed by atoms with E-state index in [2.05, 4.69) is 16.6 Å². The van der Waals surface area contributed by atoms with Gasteiger partial charge in [-0.05, 0) is 42.0 Å². The molecule has 0 saturated heterocycles. The van der Waals surface area contributed by atoms with E-state index in [1.807, 2.05) is 6.07 Å². The van der Waals surface area contributed by atoms with Crippen LogP contribution in [0.25, 0.3) is 0 Å². The molecule has 0 spiro atoms. The van der Waals surface area contributed by atoms with Crippen LogP contribution >= 0.6 is 0 Å². The molecule has 8 nitrogen and oxygen atoms in total. The second-order valence-electron chi connectivity index (χ2n) is 7.19.